The number of carbonyl (C=O) groups is 7. The number of rotatable bonds is 0. The highest BCUT2D eigenvalue weighted by molar-refractivity contribution is 6.11. The molecule has 0 aromatic heterocycles. The number of halogens is 3. The first-order valence-corrected chi connectivity index (χ1v) is 25.3. The minimum atomic E-state index is -1.06. The number of fused-ring (bicyclic) bond motifs is 6. The molecule has 0 spiro atoms. The molecule has 9 rings (SSSR count). The fourth-order valence-electron chi connectivity index (χ4n) is 10.1. The second kappa shape index (κ2) is 23.2. The van der Waals surface area contributed by atoms with Gasteiger partial charge in [0, 0.05) is 46.2 Å². The van der Waals surface area contributed by atoms with Crippen molar-refractivity contribution in [2.45, 2.75) is 189 Å². The fraction of sp³-hybridized carbons (Fsp3) is 0.561. The first-order chi connectivity index (χ1) is 34.3. The quantitative estimate of drug-likeness (QED) is 0.128. The number of nitrogens with one attached hydrogen (secondary N) is 1. The molecule has 410 valence electrons. The fourth-order valence-corrected chi connectivity index (χ4v) is 10.1. The van der Waals surface area contributed by atoms with Crippen LogP contribution < -0.4 is 15.1 Å². The second-order valence-corrected chi connectivity index (χ2v) is 23.3. The number of nitrogens with zero attached hydrogens (tertiary/aromatic N) is 2. The minimum Gasteiger partial charge on any atom is -0.443 e. The van der Waals surface area contributed by atoms with Crippen LogP contribution in [0, 0.1) is 35.2 Å². The van der Waals surface area contributed by atoms with Crippen LogP contribution in [-0.2, 0) is 23.7 Å². The molecule has 2 amide bonds. The Hall–Kier alpha value is -6.46. The Kier molecular flexibility index (Phi) is 18.4. The Bertz CT molecular complexity index is 2510. The number of hydrogen-bond donors (Lipinski definition) is 1. The Morgan fingerprint density at radius 1 is 0.480 bits per heavy atom. The van der Waals surface area contributed by atoms with Gasteiger partial charge in [-0.2, -0.15) is 0 Å². The van der Waals surface area contributed by atoms with Crippen molar-refractivity contribution in [2.24, 2.45) is 17.8 Å². The van der Waals surface area contributed by atoms with Crippen molar-refractivity contribution < 1.29 is 70.4 Å². The molecule has 18 heteroatoms. The van der Waals surface area contributed by atoms with E-state index in [1.807, 2.05) is 0 Å². The van der Waals surface area contributed by atoms with Crippen molar-refractivity contribution in [3.05, 3.63) is 88.7 Å². The summed E-state index contributed by atoms with van der Waals surface area (Å²) in [7, 11) is 0. The van der Waals surface area contributed by atoms with Crippen LogP contribution in [-0.4, -0.2) is 82.4 Å². The van der Waals surface area contributed by atoms with Crippen LogP contribution in [0.15, 0.2) is 54.6 Å². The van der Waals surface area contributed by atoms with Crippen LogP contribution >= 0.6 is 0 Å². The third-order valence-electron chi connectivity index (χ3n) is 12.8. The summed E-state index contributed by atoms with van der Waals surface area (Å²) in [5.41, 5.74) is 0.191. The highest BCUT2D eigenvalue weighted by Crippen LogP contribution is 2.45. The van der Waals surface area contributed by atoms with E-state index in [9.17, 15) is 46.7 Å². The molecule has 3 aliphatic heterocycles. The molecule has 0 bridgehead atoms. The van der Waals surface area contributed by atoms with Crippen molar-refractivity contribution in [3.63, 3.8) is 0 Å². The molecule has 75 heavy (non-hydrogen) atoms. The number of amides is 2. The lowest BCUT2D eigenvalue weighted by atomic mass is 9.86. The predicted octanol–water partition coefficient (Wildman–Crippen LogP) is 14.0. The number of hydrogen-bond acceptors (Lipinski definition) is 13. The summed E-state index contributed by atoms with van der Waals surface area (Å²) >= 11 is 0. The SMILES string of the molecule is C.CC(C)(C)OC(=O)N1c2ccc(F)cc2C(=O)C2CCCC21.CC(C)(C)OC(=O)N1c2ccc(F)cc2C(=O)[C@@H]2CCC[C@@H]21.CC(C)(C)OC(=O)OC(=O)OC(C)(C)C.O=C1c2cc(F)ccc2NC2CCCC12. The lowest BCUT2D eigenvalue weighted by molar-refractivity contribution is -0.0295. The summed E-state index contributed by atoms with van der Waals surface area (Å²) in [6.45, 7) is 20.8. The number of ether oxygens (including phenoxy) is 5. The highest BCUT2D eigenvalue weighted by Gasteiger charge is 2.48. The van der Waals surface area contributed by atoms with Crippen molar-refractivity contribution in [2.75, 3.05) is 15.1 Å². The third kappa shape index (κ3) is 15.1. The molecule has 3 fully saturated rings. The smallest absolute Gasteiger partial charge is 0.443 e. The summed E-state index contributed by atoms with van der Waals surface area (Å²) in [6, 6.07) is 12.3. The topological polar surface area (TPSA) is 184 Å². The number of anilines is 3. The largest absolute Gasteiger partial charge is 0.519 e. The molecule has 3 aromatic carbocycles. The van der Waals surface area contributed by atoms with Crippen LogP contribution in [0.4, 0.5) is 49.4 Å². The van der Waals surface area contributed by atoms with E-state index in [1.54, 1.807) is 99.0 Å². The summed E-state index contributed by atoms with van der Waals surface area (Å²) < 4.78 is 64.9. The molecule has 3 aliphatic carbocycles. The highest BCUT2D eigenvalue weighted by atomic mass is 19.1. The third-order valence-corrected chi connectivity index (χ3v) is 12.8. The van der Waals surface area contributed by atoms with Gasteiger partial charge in [0.25, 0.3) is 0 Å². The molecular formula is C57H74F3N3O12. The Morgan fingerprint density at radius 3 is 1.23 bits per heavy atom. The van der Waals surface area contributed by atoms with Crippen LogP contribution in [0.3, 0.4) is 0 Å². The van der Waals surface area contributed by atoms with Crippen molar-refractivity contribution in [1.82, 2.24) is 0 Å². The Morgan fingerprint density at radius 2 is 0.827 bits per heavy atom. The van der Waals surface area contributed by atoms with E-state index in [1.165, 1.54) is 48.5 Å². The van der Waals surface area contributed by atoms with Gasteiger partial charge in [-0.25, -0.2) is 32.3 Å². The van der Waals surface area contributed by atoms with Crippen molar-refractivity contribution >= 4 is 58.9 Å². The molecule has 0 saturated heterocycles. The second-order valence-electron chi connectivity index (χ2n) is 23.3. The van der Waals surface area contributed by atoms with E-state index in [2.05, 4.69) is 10.1 Å². The maximum Gasteiger partial charge on any atom is 0.519 e. The molecule has 1 N–H and O–H groups in total. The van der Waals surface area contributed by atoms with Crippen LogP contribution in [0.2, 0.25) is 0 Å². The Balaban J connectivity index is 0.000000187. The maximum absolute atomic E-state index is 13.5. The molecule has 0 radical (unpaired) electrons. The van der Waals surface area contributed by atoms with E-state index >= 15 is 0 Å². The normalized spacial score (nSPS) is 22.1. The summed E-state index contributed by atoms with van der Waals surface area (Å²) in [4.78, 5) is 87.5. The van der Waals surface area contributed by atoms with E-state index in [0.717, 1.165) is 63.5 Å². The maximum atomic E-state index is 13.5. The lowest BCUT2D eigenvalue weighted by Crippen LogP contribution is -2.50. The standard InChI is InChI=1S/2C17H20FNO3.C12H12FNO.C10H18O5.CH4/c2*1-17(2,3)22-16(21)19-13-6-4-5-11(13)15(20)12-9-10(18)7-8-14(12)19;13-7-4-5-11-9(6-7)12(15)8-2-1-3-10(8)14-11;1-9(2,3)14-7(11)13-8(12)15-10(4,5)6;/h2*7-9,11,13H,4-6H2,1-3H3;4-6,8,10,14H,1-3H2;1-6H3;1H4/t11-,13+;;;;/m1..../s1. The molecule has 4 unspecified atom stereocenters. The van der Waals surface area contributed by atoms with Crippen LogP contribution in [0.5, 0.6) is 0 Å². The number of carbonyl (C=O) groups excluding carboxylic acids is 7. The van der Waals surface area contributed by atoms with Gasteiger partial charge >= 0.3 is 24.5 Å². The van der Waals surface area contributed by atoms with Gasteiger partial charge in [0.05, 0.1) is 23.5 Å². The lowest BCUT2D eigenvalue weighted by Gasteiger charge is -2.38. The molecule has 6 aliphatic rings. The van der Waals surface area contributed by atoms with E-state index in [0.29, 0.717) is 16.9 Å². The summed E-state index contributed by atoms with van der Waals surface area (Å²) in [6.07, 6.45) is 4.80. The monoisotopic (exact) mass is 1050 g/mol. The van der Waals surface area contributed by atoms with Gasteiger partial charge in [-0.15, -0.1) is 0 Å². The molecule has 3 heterocycles. The predicted molar refractivity (Wildman–Crippen MR) is 277 cm³/mol. The van der Waals surface area contributed by atoms with E-state index in [4.69, 9.17) is 18.9 Å². The summed E-state index contributed by atoms with van der Waals surface area (Å²) in [5, 5.41) is 3.33. The number of ketones is 3. The zero-order chi connectivity index (χ0) is 54.8. The first kappa shape index (κ1) is 59.4. The molecule has 15 nitrogen and oxygen atoms in total. The average molecular weight is 1050 g/mol. The molecule has 6 atom stereocenters. The van der Waals surface area contributed by atoms with Gasteiger partial charge in [-0.05, 0) is 176 Å². The summed E-state index contributed by atoms with van der Waals surface area (Å²) in [5.74, 6) is -1.69. The van der Waals surface area contributed by atoms with Gasteiger partial charge < -0.3 is 29.0 Å². The van der Waals surface area contributed by atoms with Gasteiger partial charge in [0.1, 0.15) is 39.9 Å². The van der Waals surface area contributed by atoms with Crippen molar-refractivity contribution in [3.8, 4) is 0 Å². The number of benzene rings is 3. The van der Waals surface area contributed by atoms with Gasteiger partial charge in [0.2, 0.25) is 0 Å². The van der Waals surface area contributed by atoms with Crippen molar-refractivity contribution in [1.29, 1.82) is 0 Å². The minimum absolute atomic E-state index is 0. The van der Waals surface area contributed by atoms with Gasteiger partial charge in [-0.3, -0.25) is 24.2 Å². The van der Waals surface area contributed by atoms with E-state index in [-0.39, 0.29) is 77.6 Å². The number of Topliss-reactive ketones (excluding diaryl/α,β-unsaturated/α-hetero) is 3. The van der Waals surface area contributed by atoms with E-state index < -0.39 is 58.5 Å². The zero-order valence-corrected chi connectivity index (χ0v) is 44.5. The zero-order valence-electron chi connectivity index (χ0n) is 44.5. The average Bonchev–Trinajstić information content (AvgIpc) is 4.05. The first-order valence-electron chi connectivity index (χ1n) is 25.3. The Labute approximate surface area is 438 Å². The molecule has 3 saturated carbocycles. The van der Waals surface area contributed by atoms with Crippen LogP contribution in [0.1, 0.15) is 179 Å². The van der Waals surface area contributed by atoms with Crippen LogP contribution in [0.25, 0.3) is 0 Å². The molecular weight excluding hydrogens is 976 g/mol. The molecule has 3 aromatic rings. The van der Waals surface area contributed by atoms with Gasteiger partial charge in [-0.1, -0.05) is 26.7 Å². The van der Waals surface area contributed by atoms with Gasteiger partial charge in [0.15, 0.2) is 17.3 Å².